The number of benzene rings is 10. The van der Waals surface area contributed by atoms with Crippen LogP contribution in [0.4, 0.5) is 0 Å². The summed E-state index contributed by atoms with van der Waals surface area (Å²) in [6.45, 7) is 15.9. The number of nitrogens with zero attached hydrogens (tertiary/aromatic N) is 4. The van der Waals surface area contributed by atoms with Crippen LogP contribution in [0.5, 0.6) is 0 Å². The molecule has 6 heteroatoms. The van der Waals surface area contributed by atoms with Crippen molar-refractivity contribution in [2.45, 2.75) is 85.9 Å². The van der Waals surface area contributed by atoms with Crippen LogP contribution in [0.2, 0.25) is 0 Å². The fourth-order valence-corrected chi connectivity index (χ4v) is 11.2. The van der Waals surface area contributed by atoms with Gasteiger partial charge in [-0.05, 0) is 134 Å². The van der Waals surface area contributed by atoms with E-state index < -0.39 is 6.85 Å². The van der Waals surface area contributed by atoms with Gasteiger partial charge in [0.15, 0.2) is 0 Å². The Bertz CT molecular complexity index is 4380. The monoisotopic (exact) mass is 1180 g/mol. The number of aryl methyl sites for hydroxylation is 1. The van der Waals surface area contributed by atoms with Gasteiger partial charge in [0.2, 0.25) is 0 Å². The molecule has 0 aliphatic heterocycles. The van der Waals surface area contributed by atoms with Crippen molar-refractivity contribution in [2.24, 2.45) is 0 Å². The molecule has 0 saturated heterocycles. The first-order valence-corrected chi connectivity index (χ1v) is 26.7. The first-order chi connectivity index (χ1) is 38.1. The topological polar surface area (TPSA) is 48.9 Å². The van der Waals surface area contributed by atoms with Crippen molar-refractivity contribution in [3.05, 3.63) is 228 Å². The first-order valence-electron chi connectivity index (χ1n) is 28.2. The van der Waals surface area contributed by atoms with Crippen molar-refractivity contribution in [1.82, 2.24) is 14.5 Å². The Morgan fingerprint density at radius 3 is 1.94 bits per heavy atom. The second-order valence-electron chi connectivity index (χ2n) is 21.3. The molecule has 0 unspecified atom stereocenters. The summed E-state index contributed by atoms with van der Waals surface area (Å²) in [5.74, 6) is 3.07. The summed E-state index contributed by atoms with van der Waals surface area (Å²) < 4.78 is 35.2. The third-order valence-electron chi connectivity index (χ3n) is 15.0. The minimum Gasteiger partial charge on any atom is -0.501 e. The number of para-hydroxylation sites is 5. The molecule has 13 aromatic rings. The predicted octanol–water partition coefficient (Wildman–Crippen LogP) is 18.7. The van der Waals surface area contributed by atoms with Gasteiger partial charge in [-0.3, -0.25) is 9.97 Å². The summed E-state index contributed by atoms with van der Waals surface area (Å²) in [6.07, 6.45) is 0. The number of imidazole rings is 2. The molecular formula is C71H62IrN4O+. The maximum absolute atomic E-state index is 7.90. The van der Waals surface area contributed by atoms with Crippen LogP contribution in [0.25, 0.3) is 111 Å². The van der Waals surface area contributed by atoms with Crippen LogP contribution in [-0.4, -0.2) is 9.55 Å². The summed E-state index contributed by atoms with van der Waals surface area (Å²) in [5, 5.41) is 5.96. The second-order valence-corrected chi connectivity index (χ2v) is 21.3. The van der Waals surface area contributed by atoms with E-state index in [2.05, 4.69) is 210 Å². The van der Waals surface area contributed by atoms with E-state index in [0.717, 1.165) is 94.0 Å². The molecule has 5 nitrogen and oxygen atoms in total. The van der Waals surface area contributed by atoms with Gasteiger partial charge in [0.25, 0.3) is 0 Å². The van der Waals surface area contributed by atoms with Crippen LogP contribution >= 0.6 is 0 Å². The van der Waals surface area contributed by atoms with Crippen LogP contribution in [0.15, 0.2) is 192 Å². The van der Waals surface area contributed by atoms with E-state index in [0.29, 0.717) is 17.4 Å². The molecule has 0 fully saturated rings. The van der Waals surface area contributed by atoms with Gasteiger partial charge in [0, 0.05) is 20.9 Å². The van der Waals surface area contributed by atoms with Crippen molar-refractivity contribution >= 4 is 65.6 Å². The summed E-state index contributed by atoms with van der Waals surface area (Å²) in [5.41, 5.74) is 17.8. The van der Waals surface area contributed by atoms with Crippen molar-refractivity contribution in [3.8, 4) is 45.3 Å². The standard InChI is InChI=1S/C46H37N2O.C25H25N2.Ir/c1-27(2)37-24-33(30-12-7-6-8-13-30)25-38(28(3)4)44(37)48-42-17-10-9-16-41(42)47-46(48)36-15-11-14-35-40-23-32-20-19-31-22-29(5)18-21-34(31)39(32)26-43(40)49-45(35)36;1-17(2)20-13-10-14-21(18(3)4)24(20)27-23-16-9-8-15-22(23)26-25(27)19-11-6-5-7-12-19;/h6-14,16-28H,1-5H3;5-11,13-18H,1-4H3;/q2*-1;+3/i5D3;;. The predicted molar refractivity (Wildman–Crippen MR) is 317 cm³/mol. The molecular weight excluding hydrogens is 1120 g/mol. The molecule has 0 atom stereocenters. The van der Waals surface area contributed by atoms with Gasteiger partial charge < -0.3 is 13.6 Å². The van der Waals surface area contributed by atoms with E-state index >= 15 is 0 Å². The molecule has 77 heavy (non-hydrogen) atoms. The minimum atomic E-state index is -2.16. The Morgan fingerprint density at radius 1 is 0.558 bits per heavy atom. The van der Waals surface area contributed by atoms with Gasteiger partial charge in [0.1, 0.15) is 5.58 Å². The van der Waals surface area contributed by atoms with E-state index in [1.54, 1.807) is 12.1 Å². The summed E-state index contributed by atoms with van der Waals surface area (Å²) in [6, 6.07) is 71.5. The SMILES string of the molecule is CC(C)c1cccc(C(C)C)c1-n1c(-c2[c-]cccc2)nc2ccccc21.[2H]C([2H])([2H])c1ccc2c(ccc3cc4c(cc32)oc2c(-c3[n-]c5ccccc5[n+]3-c3c(C(C)C)cc(-c5ccccc5)cc3C(C)C)[c-]ccc24)c1.[Ir+3]. The number of hydrogen-bond donors (Lipinski definition) is 0. The van der Waals surface area contributed by atoms with Gasteiger partial charge in [-0.2, -0.15) is 0 Å². The van der Waals surface area contributed by atoms with E-state index in [1.165, 1.54) is 39.1 Å². The summed E-state index contributed by atoms with van der Waals surface area (Å²) in [7, 11) is 0. The van der Waals surface area contributed by atoms with Crippen LogP contribution in [0.1, 0.15) is 111 Å². The Hall–Kier alpha value is -7.89. The van der Waals surface area contributed by atoms with E-state index in [4.69, 9.17) is 18.5 Å². The smallest absolute Gasteiger partial charge is 0.501 e. The number of rotatable bonds is 9. The van der Waals surface area contributed by atoms with E-state index in [-0.39, 0.29) is 31.9 Å². The van der Waals surface area contributed by atoms with Crippen molar-refractivity contribution < 1.29 is 33.2 Å². The van der Waals surface area contributed by atoms with Crippen LogP contribution < -0.4 is 9.55 Å². The molecule has 0 aliphatic rings. The van der Waals surface area contributed by atoms with E-state index in [1.807, 2.05) is 42.5 Å². The molecule has 0 spiro atoms. The number of furan rings is 1. The second kappa shape index (κ2) is 20.9. The molecule has 380 valence electrons. The van der Waals surface area contributed by atoms with Gasteiger partial charge in [-0.25, -0.2) is 0 Å². The normalized spacial score (nSPS) is 12.5. The third kappa shape index (κ3) is 9.18. The minimum absolute atomic E-state index is 0. The third-order valence-corrected chi connectivity index (χ3v) is 15.0. The Labute approximate surface area is 469 Å². The molecule has 0 saturated carbocycles. The quantitative estimate of drug-likeness (QED) is 0.0822. The van der Waals surface area contributed by atoms with Crippen molar-refractivity contribution in [1.29, 1.82) is 0 Å². The average molecular weight is 1180 g/mol. The van der Waals surface area contributed by atoms with Crippen molar-refractivity contribution in [2.75, 3.05) is 0 Å². The zero-order valence-corrected chi connectivity index (χ0v) is 47.1. The molecule has 0 N–H and O–H groups in total. The molecule has 3 heterocycles. The summed E-state index contributed by atoms with van der Waals surface area (Å²) in [4.78, 5) is 10.3. The van der Waals surface area contributed by atoms with Crippen molar-refractivity contribution in [3.63, 3.8) is 0 Å². The van der Waals surface area contributed by atoms with Crippen LogP contribution in [0, 0.1) is 19.0 Å². The van der Waals surface area contributed by atoms with Gasteiger partial charge in [0.05, 0.1) is 39.3 Å². The fraction of sp³-hybridized carbons (Fsp3) is 0.183. The zero-order chi connectivity index (χ0) is 54.9. The van der Waals surface area contributed by atoms with E-state index in [9.17, 15) is 0 Å². The Morgan fingerprint density at radius 2 is 1.23 bits per heavy atom. The zero-order valence-electron chi connectivity index (χ0n) is 47.7. The van der Waals surface area contributed by atoms with Crippen LogP contribution in [0.3, 0.4) is 0 Å². The van der Waals surface area contributed by atoms with Gasteiger partial charge in [-0.15, -0.1) is 54.1 Å². The summed E-state index contributed by atoms with van der Waals surface area (Å²) >= 11 is 0. The number of hydrogen-bond acceptors (Lipinski definition) is 2. The molecule has 0 radical (unpaired) electrons. The maximum atomic E-state index is 7.90. The first kappa shape index (κ1) is 47.6. The molecule has 0 aliphatic carbocycles. The maximum Gasteiger partial charge on any atom is 3.00 e. The molecule has 10 aromatic carbocycles. The van der Waals surface area contributed by atoms with Crippen LogP contribution in [-0.2, 0) is 20.1 Å². The Balaban J connectivity index is 0.000000203. The number of fused-ring (bicyclic) bond motifs is 8. The molecule has 0 bridgehead atoms. The number of aromatic nitrogens is 4. The Kier molecular flexibility index (Phi) is 12.9. The largest absolute Gasteiger partial charge is 3.00 e. The molecule has 13 rings (SSSR count). The van der Waals surface area contributed by atoms with Gasteiger partial charge >= 0.3 is 20.1 Å². The fourth-order valence-electron chi connectivity index (χ4n) is 11.2. The molecule has 0 amide bonds. The average Bonchev–Trinajstić information content (AvgIpc) is 3.82. The van der Waals surface area contributed by atoms with Gasteiger partial charge in [-0.1, -0.05) is 175 Å². The molecule has 3 aromatic heterocycles.